The molecule has 0 saturated carbocycles. The highest BCUT2D eigenvalue weighted by molar-refractivity contribution is 5.33. The molecule has 0 aliphatic rings. The second-order valence-electron chi connectivity index (χ2n) is 4.72. The van der Waals surface area contributed by atoms with Crippen molar-refractivity contribution < 1.29 is 5.11 Å². The summed E-state index contributed by atoms with van der Waals surface area (Å²) in [4.78, 5) is 0. The van der Waals surface area contributed by atoms with Gasteiger partial charge < -0.3 is 5.11 Å². The smallest absolute Gasteiger partial charge is 0.0566 e. The molecule has 0 saturated heterocycles. The summed E-state index contributed by atoms with van der Waals surface area (Å²) in [5.41, 5.74) is 4.08. The number of rotatable bonds is 4. The average molecular weight is 206 g/mol. The van der Waals surface area contributed by atoms with E-state index in [0.717, 1.165) is 12.8 Å². The molecule has 15 heavy (non-hydrogen) atoms. The number of aliphatic hydroxyl groups excluding tert-OH is 1. The van der Waals surface area contributed by atoms with E-state index in [4.69, 9.17) is 0 Å². The topological polar surface area (TPSA) is 20.2 Å². The van der Waals surface area contributed by atoms with E-state index < -0.39 is 0 Å². The van der Waals surface area contributed by atoms with Gasteiger partial charge >= 0.3 is 0 Å². The first-order valence-corrected chi connectivity index (χ1v) is 5.75. The van der Waals surface area contributed by atoms with Crippen LogP contribution in [0.2, 0.25) is 0 Å². The molecule has 1 heteroatoms. The van der Waals surface area contributed by atoms with Gasteiger partial charge in [-0.25, -0.2) is 0 Å². The Balaban J connectivity index is 2.65. The minimum Gasteiger partial charge on any atom is -0.393 e. The van der Waals surface area contributed by atoms with Crippen LogP contribution in [0.4, 0.5) is 0 Å². The third-order valence-electron chi connectivity index (χ3n) is 3.10. The van der Waals surface area contributed by atoms with Crippen molar-refractivity contribution in [3.63, 3.8) is 0 Å². The minimum atomic E-state index is -0.177. The van der Waals surface area contributed by atoms with Crippen LogP contribution in [-0.2, 0) is 6.42 Å². The second-order valence-corrected chi connectivity index (χ2v) is 4.72. The summed E-state index contributed by atoms with van der Waals surface area (Å²) in [6.07, 6.45) is 1.67. The van der Waals surface area contributed by atoms with Gasteiger partial charge in [-0.05, 0) is 49.3 Å². The van der Waals surface area contributed by atoms with Gasteiger partial charge in [0.05, 0.1) is 6.10 Å². The number of hydrogen-bond donors (Lipinski definition) is 1. The van der Waals surface area contributed by atoms with Gasteiger partial charge in [-0.3, -0.25) is 0 Å². The van der Waals surface area contributed by atoms with Crippen molar-refractivity contribution >= 4 is 0 Å². The second kappa shape index (κ2) is 5.32. The molecule has 0 bridgehead atoms. The molecule has 1 aromatic rings. The normalized spacial score (nSPS) is 13.2. The minimum absolute atomic E-state index is 0.177. The van der Waals surface area contributed by atoms with Crippen molar-refractivity contribution in [2.24, 2.45) is 5.92 Å². The number of aryl methyl sites for hydroxylation is 2. The highest BCUT2D eigenvalue weighted by Crippen LogP contribution is 2.17. The zero-order valence-corrected chi connectivity index (χ0v) is 10.2. The summed E-state index contributed by atoms with van der Waals surface area (Å²) < 4.78 is 0. The van der Waals surface area contributed by atoms with Gasteiger partial charge in [-0.1, -0.05) is 32.0 Å². The van der Waals surface area contributed by atoms with E-state index in [1.54, 1.807) is 0 Å². The lowest BCUT2D eigenvalue weighted by Gasteiger charge is -2.16. The maximum atomic E-state index is 9.77. The molecule has 0 radical (unpaired) electrons. The Hall–Kier alpha value is -0.820. The molecule has 1 unspecified atom stereocenters. The van der Waals surface area contributed by atoms with E-state index in [9.17, 15) is 5.11 Å². The van der Waals surface area contributed by atoms with Crippen LogP contribution in [-0.4, -0.2) is 11.2 Å². The first kappa shape index (κ1) is 12.3. The lowest BCUT2D eigenvalue weighted by atomic mass is 9.94. The standard InChI is InChI=1S/C14H22O/c1-10(2)14(15)9-8-13-11(3)6-5-7-12(13)4/h5-7,10,14-15H,8-9H2,1-4H3. The Morgan fingerprint density at radius 1 is 1.13 bits per heavy atom. The molecule has 0 amide bonds. The molecule has 0 aromatic heterocycles. The molecule has 1 N–H and O–H groups in total. The average Bonchev–Trinajstić information content (AvgIpc) is 2.16. The predicted molar refractivity (Wildman–Crippen MR) is 65.1 cm³/mol. The molecule has 0 aliphatic heterocycles. The third kappa shape index (κ3) is 3.35. The van der Waals surface area contributed by atoms with Crippen LogP contribution in [0.25, 0.3) is 0 Å². The van der Waals surface area contributed by atoms with Crippen molar-refractivity contribution in [1.82, 2.24) is 0 Å². The largest absolute Gasteiger partial charge is 0.393 e. The maximum absolute atomic E-state index is 9.77. The fourth-order valence-electron chi connectivity index (χ4n) is 1.87. The Labute approximate surface area is 93.1 Å². The van der Waals surface area contributed by atoms with Crippen molar-refractivity contribution in [1.29, 1.82) is 0 Å². The molecule has 0 spiro atoms. The van der Waals surface area contributed by atoms with Crippen molar-refractivity contribution in [2.45, 2.75) is 46.6 Å². The molecule has 1 atom stereocenters. The fraction of sp³-hybridized carbons (Fsp3) is 0.571. The first-order chi connectivity index (χ1) is 7.02. The van der Waals surface area contributed by atoms with Crippen LogP contribution < -0.4 is 0 Å². The summed E-state index contributed by atoms with van der Waals surface area (Å²) in [5.74, 6) is 0.356. The van der Waals surface area contributed by atoms with E-state index in [0.29, 0.717) is 5.92 Å². The highest BCUT2D eigenvalue weighted by Gasteiger charge is 2.10. The molecule has 84 valence electrons. The van der Waals surface area contributed by atoms with Gasteiger partial charge in [0.1, 0.15) is 0 Å². The Morgan fingerprint density at radius 3 is 2.13 bits per heavy atom. The van der Waals surface area contributed by atoms with Crippen LogP contribution in [0.3, 0.4) is 0 Å². The monoisotopic (exact) mass is 206 g/mol. The Kier molecular flexibility index (Phi) is 4.34. The lowest BCUT2D eigenvalue weighted by molar-refractivity contribution is 0.116. The zero-order valence-electron chi connectivity index (χ0n) is 10.2. The molecule has 0 fully saturated rings. The summed E-state index contributed by atoms with van der Waals surface area (Å²) in [5, 5.41) is 9.77. The van der Waals surface area contributed by atoms with E-state index in [-0.39, 0.29) is 6.10 Å². The Bertz CT molecular complexity index is 295. The van der Waals surface area contributed by atoms with E-state index in [1.165, 1.54) is 16.7 Å². The van der Waals surface area contributed by atoms with Gasteiger partial charge in [0.2, 0.25) is 0 Å². The third-order valence-corrected chi connectivity index (χ3v) is 3.10. The molecule has 1 rings (SSSR count). The van der Waals surface area contributed by atoms with Gasteiger partial charge in [-0.15, -0.1) is 0 Å². The van der Waals surface area contributed by atoms with Crippen LogP contribution in [0.15, 0.2) is 18.2 Å². The quantitative estimate of drug-likeness (QED) is 0.801. The van der Waals surface area contributed by atoms with Crippen LogP contribution in [0, 0.1) is 19.8 Å². The van der Waals surface area contributed by atoms with Crippen molar-refractivity contribution in [3.05, 3.63) is 34.9 Å². The van der Waals surface area contributed by atoms with Gasteiger partial charge in [-0.2, -0.15) is 0 Å². The number of benzene rings is 1. The zero-order chi connectivity index (χ0) is 11.4. The molecule has 1 aromatic carbocycles. The van der Waals surface area contributed by atoms with Crippen LogP contribution in [0.5, 0.6) is 0 Å². The fourth-order valence-corrected chi connectivity index (χ4v) is 1.87. The maximum Gasteiger partial charge on any atom is 0.0566 e. The summed E-state index contributed by atoms with van der Waals surface area (Å²) in [6, 6.07) is 6.38. The molecule has 0 heterocycles. The number of hydrogen-bond acceptors (Lipinski definition) is 1. The summed E-state index contributed by atoms with van der Waals surface area (Å²) in [6.45, 7) is 8.42. The van der Waals surface area contributed by atoms with Crippen molar-refractivity contribution in [2.75, 3.05) is 0 Å². The van der Waals surface area contributed by atoms with Crippen molar-refractivity contribution in [3.8, 4) is 0 Å². The molecule has 0 aliphatic carbocycles. The highest BCUT2D eigenvalue weighted by atomic mass is 16.3. The van der Waals surface area contributed by atoms with Crippen LogP contribution >= 0.6 is 0 Å². The predicted octanol–water partition coefficient (Wildman–Crippen LogP) is 3.25. The first-order valence-electron chi connectivity index (χ1n) is 5.75. The Morgan fingerprint density at radius 2 is 1.67 bits per heavy atom. The van der Waals surface area contributed by atoms with Gasteiger partial charge in [0.25, 0.3) is 0 Å². The molecular formula is C14H22O. The van der Waals surface area contributed by atoms with Gasteiger partial charge in [0, 0.05) is 0 Å². The van der Waals surface area contributed by atoms with Gasteiger partial charge in [0.15, 0.2) is 0 Å². The SMILES string of the molecule is Cc1cccc(C)c1CCC(O)C(C)C. The van der Waals surface area contributed by atoms with E-state index in [2.05, 4.69) is 45.9 Å². The van der Waals surface area contributed by atoms with E-state index >= 15 is 0 Å². The molecule has 1 nitrogen and oxygen atoms in total. The van der Waals surface area contributed by atoms with Crippen LogP contribution in [0.1, 0.15) is 37.0 Å². The van der Waals surface area contributed by atoms with E-state index in [1.807, 2.05) is 0 Å². The number of aliphatic hydroxyl groups is 1. The lowest BCUT2D eigenvalue weighted by Crippen LogP contribution is -2.15. The summed E-state index contributed by atoms with van der Waals surface area (Å²) in [7, 11) is 0. The summed E-state index contributed by atoms with van der Waals surface area (Å²) >= 11 is 0. The molecular weight excluding hydrogens is 184 g/mol.